The number of hydrogen-bond acceptors (Lipinski definition) is 5. The first-order valence-electron chi connectivity index (χ1n) is 6.20. The second-order valence-electron chi connectivity index (χ2n) is 4.37. The van der Waals surface area contributed by atoms with E-state index in [1.165, 1.54) is 11.3 Å². The van der Waals surface area contributed by atoms with Gasteiger partial charge in [0.05, 0.1) is 0 Å². The van der Waals surface area contributed by atoms with Crippen molar-refractivity contribution < 1.29 is 0 Å². The van der Waals surface area contributed by atoms with E-state index >= 15 is 0 Å². The largest absolute Gasteiger partial charge is 0.265 e. The van der Waals surface area contributed by atoms with E-state index in [2.05, 4.69) is 20.3 Å². The smallest absolute Gasteiger partial charge is 0.235 e. The minimum Gasteiger partial charge on any atom is -0.265 e. The van der Waals surface area contributed by atoms with Gasteiger partial charge in [-0.15, -0.1) is 10.2 Å². The van der Waals surface area contributed by atoms with E-state index in [-0.39, 0.29) is 0 Å². The second-order valence-corrected chi connectivity index (χ2v) is 5.76. The van der Waals surface area contributed by atoms with E-state index in [4.69, 9.17) is 11.6 Å². The van der Waals surface area contributed by atoms with Crippen LogP contribution >= 0.6 is 22.9 Å². The van der Waals surface area contributed by atoms with Crippen LogP contribution in [-0.2, 0) is 0 Å². The van der Waals surface area contributed by atoms with Crippen molar-refractivity contribution in [1.29, 1.82) is 0 Å². The molecule has 0 N–H and O–H groups in total. The first kappa shape index (κ1) is 12.4. The summed E-state index contributed by atoms with van der Waals surface area (Å²) in [5, 5.41) is 14.5. The minimum atomic E-state index is 0.661. The Balaban J connectivity index is 1.87. The van der Waals surface area contributed by atoms with E-state index in [9.17, 15) is 0 Å². The lowest BCUT2D eigenvalue weighted by atomic mass is 10.2. The Kier molecular flexibility index (Phi) is 2.90. The van der Waals surface area contributed by atoms with Crippen LogP contribution in [0, 0.1) is 0 Å². The third kappa shape index (κ3) is 2.18. The molecule has 4 aromatic rings. The van der Waals surface area contributed by atoms with Gasteiger partial charge in [0.15, 0.2) is 5.82 Å². The van der Waals surface area contributed by atoms with Crippen molar-refractivity contribution in [3.8, 4) is 22.0 Å². The van der Waals surface area contributed by atoms with Gasteiger partial charge in [0.2, 0.25) is 4.96 Å². The molecule has 0 saturated heterocycles. The van der Waals surface area contributed by atoms with Crippen LogP contribution in [0.2, 0.25) is 5.02 Å². The zero-order valence-electron chi connectivity index (χ0n) is 10.6. The molecule has 5 nitrogen and oxygen atoms in total. The molecule has 0 saturated carbocycles. The quantitative estimate of drug-likeness (QED) is 0.567. The monoisotopic (exact) mass is 313 g/mol. The average Bonchev–Trinajstić information content (AvgIpc) is 3.08. The molecular formula is C14H8ClN5S. The Morgan fingerprint density at radius 3 is 2.67 bits per heavy atom. The van der Waals surface area contributed by atoms with Crippen LogP contribution < -0.4 is 0 Å². The number of pyridine rings is 1. The van der Waals surface area contributed by atoms with Gasteiger partial charge in [0.1, 0.15) is 5.01 Å². The standard InChI is InChI=1S/C14H8ClN5S/c15-11-3-1-2-10(8-11)12-17-18-14-20(12)19-13(21-14)9-4-6-16-7-5-9/h1-8H. The molecule has 0 bridgehead atoms. The summed E-state index contributed by atoms with van der Waals surface area (Å²) in [5.41, 5.74) is 1.90. The number of rotatable bonds is 2. The molecule has 0 aliphatic heterocycles. The fourth-order valence-electron chi connectivity index (χ4n) is 2.04. The molecule has 0 fully saturated rings. The van der Waals surface area contributed by atoms with Crippen molar-refractivity contribution in [2.24, 2.45) is 0 Å². The van der Waals surface area contributed by atoms with E-state index in [1.54, 1.807) is 16.9 Å². The molecule has 0 spiro atoms. The zero-order chi connectivity index (χ0) is 14.2. The molecule has 0 unspecified atom stereocenters. The number of hydrogen-bond donors (Lipinski definition) is 0. The third-order valence-corrected chi connectivity index (χ3v) is 4.18. The molecule has 3 heterocycles. The van der Waals surface area contributed by atoms with Crippen LogP contribution in [0.25, 0.3) is 26.9 Å². The van der Waals surface area contributed by atoms with Gasteiger partial charge in [0, 0.05) is 28.5 Å². The van der Waals surface area contributed by atoms with E-state index in [1.807, 2.05) is 36.4 Å². The summed E-state index contributed by atoms with van der Waals surface area (Å²) in [6.45, 7) is 0. The summed E-state index contributed by atoms with van der Waals surface area (Å²) < 4.78 is 1.74. The van der Waals surface area contributed by atoms with Gasteiger partial charge in [0.25, 0.3) is 0 Å². The molecule has 0 aliphatic rings. The summed E-state index contributed by atoms with van der Waals surface area (Å²) in [7, 11) is 0. The Hall–Kier alpha value is -2.31. The second kappa shape index (κ2) is 4.91. The molecule has 7 heteroatoms. The summed E-state index contributed by atoms with van der Waals surface area (Å²) in [5.74, 6) is 0.684. The normalized spacial score (nSPS) is 11.1. The number of aromatic nitrogens is 5. The molecule has 0 amide bonds. The summed E-state index contributed by atoms with van der Waals surface area (Å²) >= 11 is 7.52. The predicted molar refractivity (Wildman–Crippen MR) is 82.3 cm³/mol. The Labute approximate surface area is 128 Å². The van der Waals surface area contributed by atoms with Crippen LogP contribution in [0.1, 0.15) is 0 Å². The lowest BCUT2D eigenvalue weighted by molar-refractivity contribution is 0.970. The van der Waals surface area contributed by atoms with Gasteiger partial charge in [-0.3, -0.25) is 4.98 Å². The highest BCUT2D eigenvalue weighted by Crippen LogP contribution is 2.28. The van der Waals surface area contributed by atoms with Crippen molar-refractivity contribution in [3.63, 3.8) is 0 Å². The van der Waals surface area contributed by atoms with Gasteiger partial charge in [-0.1, -0.05) is 35.1 Å². The van der Waals surface area contributed by atoms with Crippen LogP contribution in [0.5, 0.6) is 0 Å². The summed E-state index contributed by atoms with van der Waals surface area (Å²) in [6.07, 6.45) is 3.49. The summed E-state index contributed by atoms with van der Waals surface area (Å²) in [4.78, 5) is 4.76. The van der Waals surface area contributed by atoms with Crippen molar-refractivity contribution in [1.82, 2.24) is 24.8 Å². The number of benzene rings is 1. The SMILES string of the molecule is Clc1cccc(-c2nnc3sc(-c4ccncc4)nn23)c1. The van der Waals surface area contributed by atoms with Crippen molar-refractivity contribution in [2.75, 3.05) is 0 Å². The highest BCUT2D eigenvalue weighted by atomic mass is 35.5. The molecule has 0 radical (unpaired) electrons. The lowest BCUT2D eigenvalue weighted by Crippen LogP contribution is -1.90. The molecular weight excluding hydrogens is 306 g/mol. The number of nitrogens with zero attached hydrogens (tertiary/aromatic N) is 5. The first-order valence-corrected chi connectivity index (χ1v) is 7.39. The highest BCUT2D eigenvalue weighted by Gasteiger charge is 2.14. The fourth-order valence-corrected chi connectivity index (χ4v) is 3.07. The lowest BCUT2D eigenvalue weighted by Gasteiger charge is -1.97. The molecule has 0 aliphatic carbocycles. The van der Waals surface area contributed by atoms with Gasteiger partial charge < -0.3 is 0 Å². The molecule has 0 atom stereocenters. The highest BCUT2D eigenvalue weighted by molar-refractivity contribution is 7.19. The maximum atomic E-state index is 6.03. The van der Waals surface area contributed by atoms with Crippen molar-refractivity contribution in [3.05, 3.63) is 53.8 Å². The van der Waals surface area contributed by atoms with Gasteiger partial charge in [-0.05, 0) is 24.3 Å². The molecule has 1 aromatic carbocycles. The Bertz CT molecular complexity index is 915. The van der Waals surface area contributed by atoms with E-state index < -0.39 is 0 Å². The van der Waals surface area contributed by atoms with E-state index in [0.29, 0.717) is 10.8 Å². The van der Waals surface area contributed by atoms with Crippen molar-refractivity contribution >= 4 is 27.9 Å². The van der Waals surface area contributed by atoms with Crippen LogP contribution in [-0.4, -0.2) is 24.8 Å². The van der Waals surface area contributed by atoms with Gasteiger partial charge >= 0.3 is 0 Å². The zero-order valence-corrected chi connectivity index (χ0v) is 12.2. The Morgan fingerprint density at radius 1 is 1.00 bits per heavy atom. The van der Waals surface area contributed by atoms with Crippen LogP contribution in [0.3, 0.4) is 0 Å². The average molecular weight is 314 g/mol. The predicted octanol–water partition coefficient (Wildman–Crippen LogP) is 3.57. The van der Waals surface area contributed by atoms with Gasteiger partial charge in [-0.25, -0.2) is 0 Å². The topological polar surface area (TPSA) is 56.0 Å². The minimum absolute atomic E-state index is 0.661. The van der Waals surface area contributed by atoms with Crippen LogP contribution in [0.4, 0.5) is 0 Å². The van der Waals surface area contributed by atoms with Crippen molar-refractivity contribution in [2.45, 2.75) is 0 Å². The molecule has 4 rings (SSSR count). The Morgan fingerprint density at radius 2 is 1.86 bits per heavy atom. The first-order chi connectivity index (χ1) is 10.3. The molecule has 21 heavy (non-hydrogen) atoms. The summed E-state index contributed by atoms with van der Waals surface area (Å²) in [6, 6.07) is 11.3. The fraction of sp³-hybridized carbons (Fsp3) is 0. The maximum Gasteiger partial charge on any atom is 0.235 e. The third-order valence-electron chi connectivity index (χ3n) is 3.00. The van der Waals surface area contributed by atoms with Gasteiger partial charge in [-0.2, -0.15) is 9.61 Å². The maximum absolute atomic E-state index is 6.03. The molecule has 102 valence electrons. The number of halogens is 1. The van der Waals surface area contributed by atoms with Crippen LogP contribution in [0.15, 0.2) is 48.8 Å². The molecule has 3 aromatic heterocycles. The van der Waals surface area contributed by atoms with E-state index in [0.717, 1.165) is 21.1 Å². The number of fused-ring (bicyclic) bond motifs is 1.